The van der Waals surface area contributed by atoms with E-state index in [1.165, 1.54) is 25.1 Å². The zero-order valence-electron chi connectivity index (χ0n) is 58.4. The smallest absolute Gasteiger partial charge is 0.492 e. The SMILES string of the molecule is Brc1ccc(I)cc1.Brc1ccc2c(c1)oc1c3ccccc3c(N(c3ccccc3)c3cccc4ccccc34)cc21.C.OB(O)c1cc(N(c2ccccc2)c2cccc3ccccc23)c2ccccc2c1O.Oc1c(-c2ccc(Br)cc2)cc(N(c2ccccc2)c2cccc3ccccc23)c2ccccc12. The lowest BCUT2D eigenvalue weighted by Crippen LogP contribution is -2.31. The Kier molecular flexibility index (Phi) is 22.3. The van der Waals surface area contributed by atoms with Crippen LogP contribution in [0.3, 0.4) is 0 Å². The predicted molar refractivity (Wildman–Crippen MR) is 483 cm³/mol. The largest absolute Gasteiger partial charge is 0.508 e. The van der Waals surface area contributed by atoms with Gasteiger partial charge in [0, 0.05) is 104 Å². The molecular weight excluding hydrogens is 1660 g/mol. The van der Waals surface area contributed by atoms with Crippen LogP contribution in [0.1, 0.15) is 7.43 Å². The van der Waals surface area contributed by atoms with Crippen molar-refractivity contribution in [3.05, 3.63) is 393 Å². The van der Waals surface area contributed by atoms with E-state index in [2.05, 4.69) is 310 Å². The third-order valence-electron chi connectivity index (χ3n) is 19.5. The Bertz CT molecular complexity index is 6480. The van der Waals surface area contributed by atoms with Gasteiger partial charge in [-0.15, -0.1) is 0 Å². The van der Waals surface area contributed by atoms with Gasteiger partial charge in [-0.2, -0.15) is 0 Å². The fourth-order valence-electron chi connectivity index (χ4n) is 14.5. The van der Waals surface area contributed by atoms with Gasteiger partial charge in [0.1, 0.15) is 22.7 Å². The molecule has 534 valence electrons. The predicted octanol–water partition coefficient (Wildman–Crippen LogP) is 28.3. The van der Waals surface area contributed by atoms with Crippen LogP contribution in [0.5, 0.6) is 11.5 Å². The molecule has 1 aromatic heterocycles. The van der Waals surface area contributed by atoms with Crippen molar-refractivity contribution in [3.8, 4) is 22.6 Å². The van der Waals surface area contributed by atoms with Crippen LogP contribution in [0.4, 0.5) is 51.2 Å². The van der Waals surface area contributed by atoms with Gasteiger partial charge in [0.05, 0.1) is 34.1 Å². The molecule has 0 amide bonds. The van der Waals surface area contributed by atoms with Crippen molar-refractivity contribution in [3.63, 3.8) is 0 Å². The van der Waals surface area contributed by atoms with Crippen molar-refractivity contribution >= 4 is 221 Å². The number of aromatic hydroxyl groups is 2. The Morgan fingerprint density at radius 2 is 0.627 bits per heavy atom. The molecule has 1 heterocycles. The third kappa shape index (κ3) is 15.1. The summed E-state index contributed by atoms with van der Waals surface area (Å²) in [5.41, 5.74) is 12.8. The van der Waals surface area contributed by atoms with Crippen molar-refractivity contribution in [2.24, 2.45) is 0 Å². The van der Waals surface area contributed by atoms with E-state index in [0.29, 0.717) is 5.39 Å². The Morgan fingerprint density at radius 1 is 0.282 bits per heavy atom. The number of hydrogen-bond donors (Lipinski definition) is 4. The second-order valence-corrected chi connectivity index (χ2v) is 30.1. The maximum absolute atomic E-state index is 11.4. The lowest BCUT2D eigenvalue weighted by Gasteiger charge is -2.29. The highest BCUT2D eigenvalue weighted by molar-refractivity contribution is 14.1. The molecule has 110 heavy (non-hydrogen) atoms. The van der Waals surface area contributed by atoms with E-state index in [1.807, 2.05) is 140 Å². The highest BCUT2D eigenvalue weighted by Crippen LogP contribution is 2.50. The summed E-state index contributed by atoms with van der Waals surface area (Å²) in [7, 11) is -1.80. The first-order chi connectivity index (χ1) is 53.4. The van der Waals surface area contributed by atoms with Crippen LogP contribution in [0, 0.1) is 3.57 Å². The standard InChI is InChI=1S/C32H20BrNO.C32H22BrNO.C26H20BNO3.C6H4BrI.CH4/c33-22-17-18-26-28-20-30(25-14-6-7-15-27(25)32(28)35-31(26)19-22)34(23-11-2-1-3-12-23)29-16-8-10-21-9-4-5-13-24(21)29;33-24-19-17-23(18-20-24)29-21-31(27-14-6-7-15-28(27)32(29)35)34(25-11-2-1-3-12-25)30-16-8-10-22-9-4-5-13-26(22)30;29-26-22-15-7-6-14-21(22)25(17-23(26)27(30)31)28(19-11-2-1-3-12-19)24-16-8-10-18-9-4-5-13-20(18)24;7-5-1-3-6(8)4-2-5;/h1-20H;1-21,35H;1-17,29-31H;1-4H;1H4. The van der Waals surface area contributed by atoms with Crippen molar-refractivity contribution in [2.45, 2.75) is 7.43 Å². The highest BCUT2D eigenvalue weighted by atomic mass is 127. The van der Waals surface area contributed by atoms with Gasteiger partial charge in [-0.25, -0.2) is 0 Å². The summed E-state index contributed by atoms with van der Waals surface area (Å²) in [5, 5.41) is 56.6. The average Bonchev–Trinajstić information content (AvgIpc) is 1.38. The lowest BCUT2D eigenvalue weighted by atomic mass is 9.77. The third-order valence-corrected chi connectivity index (χ3v) is 21.7. The maximum Gasteiger partial charge on any atom is 0.492 e. The lowest BCUT2D eigenvalue weighted by molar-refractivity contribution is 0.420. The van der Waals surface area contributed by atoms with Gasteiger partial charge < -0.3 is 39.4 Å². The topological polar surface area (TPSA) is 104 Å². The van der Waals surface area contributed by atoms with Crippen LogP contribution in [0.2, 0.25) is 0 Å². The van der Waals surface area contributed by atoms with Gasteiger partial charge in [-0.3, -0.25) is 0 Å². The van der Waals surface area contributed by atoms with Gasteiger partial charge >= 0.3 is 7.12 Å². The van der Waals surface area contributed by atoms with Crippen LogP contribution in [-0.4, -0.2) is 27.4 Å². The van der Waals surface area contributed by atoms with E-state index < -0.39 is 7.12 Å². The van der Waals surface area contributed by atoms with Gasteiger partial charge in [-0.1, -0.05) is 304 Å². The van der Waals surface area contributed by atoms with Gasteiger partial charge in [0.2, 0.25) is 0 Å². The first kappa shape index (κ1) is 74.0. The number of hydrogen-bond acceptors (Lipinski definition) is 8. The van der Waals surface area contributed by atoms with Crippen molar-refractivity contribution in [2.75, 3.05) is 14.7 Å². The average molecular weight is 1740 g/mol. The molecule has 18 aromatic carbocycles. The number of para-hydroxylation sites is 3. The number of rotatable bonds is 11. The molecule has 0 aliphatic carbocycles. The summed E-state index contributed by atoms with van der Waals surface area (Å²) in [6, 6.07) is 128. The Morgan fingerprint density at radius 3 is 1.06 bits per heavy atom. The molecule has 0 aliphatic heterocycles. The molecule has 0 aliphatic rings. The number of phenolic OH excluding ortho intramolecular Hbond substituents is 2. The number of anilines is 9. The van der Waals surface area contributed by atoms with Crippen LogP contribution >= 0.6 is 70.4 Å². The fourth-order valence-corrected chi connectivity index (χ4v) is 15.7. The van der Waals surface area contributed by atoms with Gasteiger partial charge in [-0.05, 0) is 172 Å². The molecule has 0 saturated carbocycles. The van der Waals surface area contributed by atoms with Crippen molar-refractivity contribution < 1.29 is 24.7 Å². The molecule has 19 aromatic rings. The Balaban J connectivity index is 0.000000124. The van der Waals surface area contributed by atoms with Crippen LogP contribution in [-0.2, 0) is 0 Å². The normalized spacial score (nSPS) is 11.0. The van der Waals surface area contributed by atoms with Gasteiger partial charge in [0.15, 0.2) is 0 Å². The van der Waals surface area contributed by atoms with Crippen molar-refractivity contribution in [1.29, 1.82) is 0 Å². The summed E-state index contributed by atoms with van der Waals surface area (Å²) in [5.74, 6) is 0.165. The quantitative estimate of drug-likeness (QED) is 0.0750. The second kappa shape index (κ2) is 33.1. The minimum Gasteiger partial charge on any atom is -0.508 e. The molecule has 0 unspecified atom stereocenters. The molecular formula is C97H70BBr3IN3O5. The monoisotopic (exact) mass is 1730 g/mol. The highest BCUT2D eigenvalue weighted by Gasteiger charge is 2.27. The zero-order valence-corrected chi connectivity index (χ0v) is 65.3. The van der Waals surface area contributed by atoms with E-state index in [0.717, 1.165) is 135 Å². The number of phenols is 2. The van der Waals surface area contributed by atoms with Crippen LogP contribution < -0.4 is 20.2 Å². The molecule has 19 rings (SSSR count). The van der Waals surface area contributed by atoms with Crippen molar-refractivity contribution in [1.82, 2.24) is 0 Å². The number of nitrogens with zero attached hydrogens (tertiary/aromatic N) is 3. The van der Waals surface area contributed by atoms with E-state index in [9.17, 15) is 20.3 Å². The number of furan rings is 1. The molecule has 0 spiro atoms. The maximum atomic E-state index is 11.4. The van der Waals surface area contributed by atoms with Crippen LogP contribution in [0.15, 0.2) is 394 Å². The Hall–Kier alpha value is -11.5. The summed E-state index contributed by atoms with van der Waals surface area (Å²) in [6.07, 6.45) is 0. The second-order valence-electron chi connectivity index (χ2n) is 26.1. The number of halogens is 4. The van der Waals surface area contributed by atoms with E-state index >= 15 is 0 Å². The molecule has 8 nitrogen and oxygen atoms in total. The summed E-state index contributed by atoms with van der Waals surface area (Å²) in [4.78, 5) is 6.77. The molecule has 0 radical (unpaired) electrons. The molecule has 0 bridgehead atoms. The Labute approximate surface area is 677 Å². The molecule has 0 saturated heterocycles. The minimum atomic E-state index is -1.80. The fraction of sp³-hybridized carbons (Fsp3) is 0.0103. The number of fused-ring (bicyclic) bond motifs is 10. The summed E-state index contributed by atoms with van der Waals surface area (Å²) in [6.45, 7) is 0. The molecule has 13 heteroatoms. The van der Waals surface area contributed by atoms with E-state index in [-0.39, 0.29) is 24.4 Å². The number of benzene rings is 18. The summed E-state index contributed by atoms with van der Waals surface area (Å²) < 4.78 is 10.8. The van der Waals surface area contributed by atoms with E-state index in [1.54, 1.807) is 12.1 Å². The first-order valence-electron chi connectivity index (χ1n) is 35.5. The molecule has 0 atom stereocenters. The first-order valence-corrected chi connectivity index (χ1v) is 38.9. The van der Waals surface area contributed by atoms with E-state index in [4.69, 9.17) is 4.42 Å². The molecule has 4 N–H and O–H groups in total. The zero-order chi connectivity index (χ0) is 74.5. The minimum absolute atomic E-state index is 0. The van der Waals surface area contributed by atoms with Crippen LogP contribution in [0.25, 0.3) is 97.7 Å². The summed E-state index contributed by atoms with van der Waals surface area (Å²) >= 11 is 12.7. The molecule has 0 fully saturated rings. The van der Waals surface area contributed by atoms with Gasteiger partial charge in [0.25, 0.3) is 0 Å².